The molecule has 49 heavy (non-hydrogen) atoms. The summed E-state index contributed by atoms with van der Waals surface area (Å²) in [4.78, 5) is 33.4. The van der Waals surface area contributed by atoms with Gasteiger partial charge in [-0.2, -0.15) is 0 Å². The van der Waals surface area contributed by atoms with E-state index in [4.69, 9.17) is 23.8 Å². The number of carbonyl (C=O) groups excluding carboxylic acids is 2. The van der Waals surface area contributed by atoms with Crippen LogP contribution in [0.2, 0.25) is 0 Å². The Morgan fingerprint density at radius 2 is 1.90 bits per heavy atom. The smallest absolute Gasteiger partial charge is 0.412 e. The van der Waals surface area contributed by atoms with E-state index in [2.05, 4.69) is 23.1 Å². The molecule has 1 saturated carbocycles. The van der Waals surface area contributed by atoms with E-state index in [1.54, 1.807) is 24.0 Å². The number of aliphatic hydroxyl groups excluding tert-OH is 2. The topological polar surface area (TPSA) is 148 Å². The van der Waals surface area contributed by atoms with E-state index in [9.17, 15) is 19.8 Å². The minimum absolute atomic E-state index is 0.0535. The highest BCUT2D eigenvalue weighted by atomic mass is 16.7. The van der Waals surface area contributed by atoms with Gasteiger partial charge in [0.05, 0.1) is 24.8 Å². The van der Waals surface area contributed by atoms with Gasteiger partial charge in [-0.15, -0.1) is 6.58 Å². The first-order valence-corrected chi connectivity index (χ1v) is 17.8. The largest absolute Gasteiger partial charge is 0.459 e. The second kappa shape index (κ2) is 18.4. The third-order valence-corrected chi connectivity index (χ3v) is 9.72. The van der Waals surface area contributed by atoms with Crippen LogP contribution < -0.4 is 14.8 Å². The fourth-order valence-electron chi connectivity index (χ4n) is 7.93. The Morgan fingerprint density at radius 1 is 1.14 bits per heavy atom. The van der Waals surface area contributed by atoms with Crippen LogP contribution in [0, 0.1) is 17.8 Å². The molecule has 6 unspecified atom stereocenters. The van der Waals surface area contributed by atoms with Crippen LogP contribution in [-0.4, -0.2) is 91.5 Å². The first kappa shape index (κ1) is 38.2. The van der Waals surface area contributed by atoms with Crippen LogP contribution >= 0.6 is 0 Å². The molecule has 0 spiro atoms. The molecule has 272 valence electrons. The Balaban J connectivity index is 2.02. The second-order valence-corrected chi connectivity index (χ2v) is 12.8. The van der Waals surface area contributed by atoms with Crippen molar-refractivity contribution in [3.05, 3.63) is 48.1 Å². The lowest BCUT2D eigenvalue weighted by Crippen LogP contribution is -2.70. The van der Waals surface area contributed by atoms with Crippen LogP contribution in [0.3, 0.4) is 0 Å². The van der Waals surface area contributed by atoms with E-state index in [0.29, 0.717) is 56.0 Å². The number of fused-ring (bicyclic) bond motifs is 2. The SMILES string of the molecule is C=CCOC12Oc3ccc(OC(=O)NCC)cc3C3C(CCCCO)C(CCCCO)C=C(C(=NOC)CC1N(CCC)C(=O)OCC)C32. The van der Waals surface area contributed by atoms with E-state index in [1.165, 1.54) is 7.11 Å². The summed E-state index contributed by atoms with van der Waals surface area (Å²) in [6, 6.07) is 4.76. The van der Waals surface area contributed by atoms with Crippen molar-refractivity contribution >= 4 is 17.9 Å². The molecule has 4 rings (SSSR count). The standard InChI is InChI=1S/C37H55N3O9/c1-6-18-40(36(44)46-9-4)32-24-30(39-45-5)28-22-25(14-10-12-19-41)27(15-11-13-20-42)33-29-23-26(48-35(43)38-8-3)16-17-31(29)49-37(32,34(28)33)47-21-7-2/h7,16-17,22-23,25,27,32-34,41-42H,2,6,8-15,18-21,24H2,1,3-5H3,(H,38,43). The lowest BCUT2D eigenvalue weighted by Gasteiger charge is -2.59. The highest BCUT2D eigenvalue weighted by Crippen LogP contribution is 2.61. The molecule has 1 heterocycles. The van der Waals surface area contributed by atoms with Gasteiger partial charge in [-0.05, 0) is 81.6 Å². The highest BCUT2D eigenvalue weighted by molar-refractivity contribution is 6.03. The molecule has 1 aromatic rings. The third kappa shape index (κ3) is 8.41. The summed E-state index contributed by atoms with van der Waals surface area (Å²) >= 11 is 0. The van der Waals surface area contributed by atoms with Crippen LogP contribution in [0.4, 0.5) is 9.59 Å². The maximum atomic E-state index is 13.7. The van der Waals surface area contributed by atoms with Gasteiger partial charge in [0.25, 0.3) is 0 Å². The molecule has 0 radical (unpaired) electrons. The lowest BCUT2D eigenvalue weighted by molar-refractivity contribution is -0.255. The van der Waals surface area contributed by atoms with Crippen molar-refractivity contribution in [2.24, 2.45) is 22.9 Å². The summed E-state index contributed by atoms with van der Waals surface area (Å²) < 4.78 is 25.2. The Morgan fingerprint density at radius 3 is 2.55 bits per heavy atom. The predicted molar refractivity (Wildman–Crippen MR) is 186 cm³/mol. The number of ether oxygens (including phenoxy) is 4. The molecule has 0 bridgehead atoms. The summed E-state index contributed by atoms with van der Waals surface area (Å²) in [5.74, 6) is -0.931. The van der Waals surface area contributed by atoms with Crippen LogP contribution in [0.5, 0.6) is 11.5 Å². The molecule has 1 aromatic carbocycles. The molecular formula is C37H55N3O9. The van der Waals surface area contributed by atoms with Crippen LogP contribution in [-0.2, 0) is 14.3 Å². The average molecular weight is 686 g/mol. The van der Waals surface area contributed by atoms with Crippen LogP contribution in [0.25, 0.3) is 0 Å². The number of nitrogens with one attached hydrogen (secondary N) is 1. The van der Waals surface area contributed by atoms with E-state index in [-0.39, 0.29) is 44.2 Å². The number of hydrogen-bond donors (Lipinski definition) is 3. The van der Waals surface area contributed by atoms with Crippen molar-refractivity contribution in [2.45, 2.75) is 89.9 Å². The quantitative estimate of drug-likeness (QED) is 0.0972. The normalized spacial score (nSPS) is 26.0. The zero-order valence-corrected chi connectivity index (χ0v) is 29.5. The molecule has 0 aromatic heterocycles. The maximum absolute atomic E-state index is 13.7. The minimum atomic E-state index is -1.36. The van der Waals surface area contributed by atoms with Crippen molar-refractivity contribution in [1.82, 2.24) is 10.2 Å². The van der Waals surface area contributed by atoms with Gasteiger partial charge in [0, 0.05) is 44.2 Å². The monoisotopic (exact) mass is 685 g/mol. The first-order valence-electron chi connectivity index (χ1n) is 17.8. The predicted octanol–water partition coefficient (Wildman–Crippen LogP) is 5.93. The number of unbranched alkanes of at least 4 members (excludes halogenated alkanes) is 2. The highest BCUT2D eigenvalue weighted by Gasteiger charge is 2.65. The number of aliphatic hydroxyl groups is 2. The zero-order chi connectivity index (χ0) is 35.4. The Kier molecular flexibility index (Phi) is 14.3. The first-order chi connectivity index (χ1) is 23.8. The van der Waals surface area contributed by atoms with Gasteiger partial charge in [-0.25, -0.2) is 9.59 Å². The van der Waals surface area contributed by atoms with Crippen LogP contribution in [0.1, 0.15) is 83.6 Å². The van der Waals surface area contributed by atoms with Gasteiger partial charge in [-0.3, -0.25) is 4.90 Å². The summed E-state index contributed by atoms with van der Waals surface area (Å²) in [6.07, 6.45) is 8.50. The van der Waals surface area contributed by atoms with Gasteiger partial charge < -0.3 is 39.3 Å². The fourth-order valence-corrected chi connectivity index (χ4v) is 7.93. The van der Waals surface area contributed by atoms with E-state index in [1.807, 2.05) is 26.0 Å². The van der Waals surface area contributed by atoms with Crippen molar-refractivity contribution in [2.75, 3.05) is 46.6 Å². The summed E-state index contributed by atoms with van der Waals surface area (Å²) in [5, 5.41) is 26.7. The molecule has 6 atom stereocenters. The molecule has 3 N–H and O–H groups in total. The molecule has 12 heteroatoms. The second-order valence-electron chi connectivity index (χ2n) is 12.8. The number of carbonyl (C=O) groups is 2. The number of hydrogen-bond acceptors (Lipinski definition) is 10. The minimum Gasteiger partial charge on any atom is -0.459 e. The molecule has 2 amide bonds. The number of rotatable bonds is 18. The number of benzene rings is 1. The van der Waals surface area contributed by atoms with Crippen molar-refractivity contribution in [3.8, 4) is 11.5 Å². The van der Waals surface area contributed by atoms with Crippen molar-refractivity contribution in [1.29, 1.82) is 0 Å². The zero-order valence-electron chi connectivity index (χ0n) is 29.5. The number of nitrogens with zero attached hydrogens (tertiary/aromatic N) is 2. The third-order valence-electron chi connectivity index (χ3n) is 9.72. The van der Waals surface area contributed by atoms with Crippen molar-refractivity contribution in [3.63, 3.8) is 0 Å². The van der Waals surface area contributed by atoms with E-state index in [0.717, 1.165) is 36.8 Å². The summed E-state index contributed by atoms with van der Waals surface area (Å²) in [6.45, 7) is 11.0. The molecule has 1 fully saturated rings. The van der Waals surface area contributed by atoms with Crippen LogP contribution in [0.15, 0.2) is 47.7 Å². The molecule has 1 aliphatic heterocycles. The Labute approximate surface area is 290 Å². The molecule has 0 saturated heterocycles. The summed E-state index contributed by atoms with van der Waals surface area (Å²) in [7, 11) is 1.52. The number of amides is 2. The van der Waals surface area contributed by atoms with E-state index >= 15 is 0 Å². The number of oxime groups is 1. The molecular weight excluding hydrogens is 630 g/mol. The molecule has 2 aliphatic carbocycles. The molecule has 3 aliphatic rings. The Bertz CT molecular complexity index is 1330. The molecule has 12 nitrogen and oxygen atoms in total. The van der Waals surface area contributed by atoms with Gasteiger partial charge in [0.15, 0.2) is 0 Å². The maximum Gasteiger partial charge on any atom is 0.412 e. The average Bonchev–Trinajstić information content (AvgIpc) is 3.09. The van der Waals surface area contributed by atoms with Gasteiger partial charge in [0.2, 0.25) is 5.79 Å². The Hall–Kier alpha value is -3.61. The fraction of sp³-hybridized carbons (Fsp3) is 0.649. The van der Waals surface area contributed by atoms with Gasteiger partial charge in [-0.1, -0.05) is 37.1 Å². The summed E-state index contributed by atoms with van der Waals surface area (Å²) in [5.41, 5.74) is 2.50. The lowest BCUT2D eigenvalue weighted by atomic mass is 9.55. The van der Waals surface area contributed by atoms with Crippen molar-refractivity contribution < 1.29 is 43.6 Å². The number of allylic oxidation sites excluding steroid dienone is 1. The van der Waals surface area contributed by atoms with E-state index < -0.39 is 29.9 Å². The van der Waals surface area contributed by atoms with Gasteiger partial charge in [0.1, 0.15) is 24.7 Å². The van der Waals surface area contributed by atoms with Gasteiger partial charge >= 0.3 is 12.2 Å².